The van der Waals surface area contributed by atoms with Gasteiger partial charge in [-0.05, 0) is 37.5 Å². The fraction of sp³-hybridized carbons (Fsp3) is 0.471. The van der Waals surface area contributed by atoms with E-state index in [1.807, 2.05) is 26.0 Å². The lowest BCUT2D eigenvalue weighted by molar-refractivity contribution is 0.321. The standard InChI is InChI=1S/C17H24N2OS/c1-11(2)14-5-7-15(8-6-14)20-10-9-16-19-13(4)17(21-16)12(3)18/h5-8,11-12H,9-10,18H2,1-4H3. The van der Waals surface area contributed by atoms with Crippen LogP contribution in [0.4, 0.5) is 0 Å². The van der Waals surface area contributed by atoms with Crippen LogP contribution in [0.25, 0.3) is 0 Å². The number of rotatable bonds is 6. The summed E-state index contributed by atoms with van der Waals surface area (Å²) in [7, 11) is 0. The van der Waals surface area contributed by atoms with Crippen molar-refractivity contribution in [2.24, 2.45) is 5.73 Å². The molecule has 0 radical (unpaired) electrons. The number of hydrogen-bond acceptors (Lipinski definition) is 4. The van der Waals surface area contributed by atoms with Gasteiger partial charge >= 0.3 is 0 Å². The van der Waals surface area contributed by atoms with Crippen molar-refractivity contribution in [3.05, 3.63) is 45.4 Å². The van der Waals surface area contributed by atoms with Crippen LogP contribution in [0.1, 0.15) is 53.9 Å². The van der Waals surface area contributed by atoms with Gasteiger partial charge in [0.1, 0.15) is 5.75 Å². The maximum atomic E-state index is 5.93. The second-order valence-electron chi connectivity index (χ2n) is 5.67. The predicted octanol–water partition coefficient (Wildman–Crippen LogP) is 4.22. The molecule has 0 aliphatic heterocycles. The van der Waals surface area contributed by atoms with Gasteiger partial charge in [0, 0.05) is 17.3 Å². The molecule has 114 valence electrons. The minimum absolute atomic E-state index is 0.0562. The van der Waals surface area contributed by atoms with Crippen molar-refractivity contribution in [3.63, 3.8) is 0 Å². The van der Waals surface area contributed by atoms with Crippen molar-refractivity contribution in [3.8, 4) is 5.75 Å². The van der Waals surface area contributed by atoms with Crippen LogP contribution in [0.3, 0.4) is 0 Å². The molecule has 0 amide bonds. The number of hydrogen-bond donors (Lipinski definition) is 1. The molecule has 1 aromatic heterocycles. The fourth-order valence-corrected chi connectivity index (χ4v) is 3.20. The summed E-state index contributed by atoms with van der Waals surface area (Å²) in [6.45, 7) is 9.04. The molecule has 1 unspecified atom stereocenters. The number of ether oxygens (including phenoxy) is 1. The number of thiazole rings is 1. The van der Waals surface area contributed by atoms with E-state index in [1.54, 1.807) is 11.3 Å². The average molecular weight is 304 g/mol. The molecule has 4 heteroatoms. The van der Waals surface area contributed by atoms with E-state index in [0.717, 1.165) is 22.9 Å². The van der Waals surface area contributed by atoms with Gasteiger partial charge in [0.2, 0.25) is 0 Å². The highest BCUT2D eigenvalue weighted by Crippen LogP contribution is 2.24. The summed E-state index contributed by atoms with van der Waals surface area (Å²) in [5.74, 6) is 1.47. The van der Waals surface area contributed by atoms with Crippen LogP contribution in [-0.2, 0) is 6.42 Å². The lowest BCUT2D eigenvalue weighted by atomic mass is 10.0. The van der Waals surface area contributed by atoms with E-state index in [2.05, 4.69) is 31.0 Å². The largest absolute Gasteiger partial charge is 0.493 e. The molecule has 1 aromatic carbocycles. The van der Waals surface area contributed by atoms with Crippen LogP contribution >= 0.6 is 11.3 Å². The topological polar surface area (TPSA) is 48.1 Å². The monoisotopic (exact) mass is 304 g/mol. The zero-order valence-corrected chi connectivity index (χ0v) is 14.0. The Labute approximate surface area is 131 Å². The third-order valence-corrected chi connectivity index (χ3v) is 4.84. The van der Waals surface area contributed by atoms with Crippen LogP contribution in [-0.4, -0.2) is 11.6 Å². The summed E-state index contributed by atoms with van der Waals surface area (Å²) in [6, 6.07) is 8.38. The molecule has 0 aliphatic carbocycles. The van der Waals surface area contributed by atoms with E-state index in [-0.39, 0.29) is 6.04 Å². The smallest absolute Gasteiger partial charge is 0.119 e. The third-order valence-electron chi connectivity index (χ3n) is 3.42. The Bertz CT molecular complexity index is 573. The lowest BCUT2D eigenvalue weighted by Gasteiger charge is -2.08. The van der Waals surface area contributed by atoms with Crippen molar-refractivity contribution in [1.29, 1.82) is 0 Å². The average Bonchev–Trinajstić information content (AvgIpc) is 2.80. The Kier molecular flexibility index (Phi) is 5.37. The highest BCUT2D eigenvalue weighted by molar-refractivity contribution is 7.11. The Morgan fingerprint density at radius 1 is 1.19 bits per heavy atom. The Balaban J connectivity index is 1.88. The van der Waals surface area contributed by atoms with Gasteiger partial charge in [-0.1, -0.05) is 26.0 Å². The Morgan fingerprint density at radius 3 is 2.38 bits per heavy atom. The van der Waals surface area contributed by atoms with Gasteiger partial charge in [-0.3, -0.25) is 0 Å². The number of nitrogens with zero attached hydrogens (tertiary/aromatic N) is 1. The molecular formula is C17H24N2OS. The molecule has 3 nitrogen and oxygen atoms in total. The van der Waals surface area contributed by atoms with Gasteiger partial charge < -0.3 is 10.5 Å². The molecule has 0 fully saturated rings. The molecule has 0 saturated heterocycles. The Morgan fingerprint density at radius 2 is 1.86 bits per heavy atom. The molecule has 21 heavy (non-hydrogen) atoms. The molecule has 2 rings (SSSR count). The minimum Gasteiger partial charge on any atom is -0.493 e. The maximum absolute atomic E-state index is 5.93. The van der Waals surface area contributed by atoms with E-state index in [9.17, 15) is 0 Å². The molecule has 0 aliphatic rings. The summed E-state index contributed by atoms with van der Waals surface area (Å²) in [5, 5.41) is 1.10. The van der Waals surface area contributed by atoms with Crippen LogP contribution in [0.15, 0.2) is 24.3 Å². The summed E-state index contributed by atoms with van der Waals surface area (Å²) in [6.07, 6.45) is 0.824. The highest BCUT2D eigenvalue weighted by Gasteiger charge is 2.11. The first-order valence-corrected chi connectivity index (χ1v) is 8.23. The first-order chi connectivity index (χ1) is 9.97. The SMILES string of the molecule is Cc1nc(CCOc2ccc(C(C)C)cc2)sc1C(C)N. The van der Waals surface area contributed by atoms with E-state index < -0.39 is 0 Å². The third kappa shape index (κ3) is 4.29. The van der Waals surface area contributed by atoms with E-state index in [1.165, 1.54) is 10.4 Å². The van der Waals surface area contributed by atoms with Gasteiger partial charge in [-0.15, -0.1) is 11.3 Å². The zero-order chi connectivity index (χ0) is 15.4. The first-order valence-electron chi connectivity index (χ1n) is 7.42. The van der Waals surface area contributed by atoms with Gasteiger partial charge in [0.15, 0.2) is 0 Å². The van der Waals surface area contributed by atoms with Crippen LogP contribution in [0.5, 0.6) is 5.75 Å². The number of aryl methyl sites for hydroxylation is 1. The molecule has 0 bridgehead atoms. The summed E-state index contributed by atoms with van der Waals surface area (Å²) in [4.78, 5) is 5.73. The number of benzene rings is 1. The van der Waals surface area contributed by atoms with Crippen molar-refractivity contribution < 1.29 is 4.74 Å². The first kappa shape index (κ1) is 16.0. The number of nitrogens with two attached hydrogens (primary N) is 1. The number of aromatic nitrogens is 1. The molecule has 0 spiro atoms. The lowest BCUT2D eigenvalue weighted by Crippen LogP contribution is -2.03. The van der Waals surface area contributed by atoms with Crippen LogP contribution < -0.4 is 10.5 Å². The summed E-state index contributed by atoms with van der Waals surface area (Å²) >= 11 is 1.69. The summed E-state index contributed by atoms with van der Waals surface area (Å²) < 4.78 is 5.79. The molecule has 0 saturated carbocycles. The van der Waals surface area contributed by atoms with Crippen molar-refractivity contribution in [2.75, 3.05) is 6.61 Å². The summed E-state index contributed by atoms with van der Waals surface area (Å²) in [5.41, 5.74) is 8.31. The molecule has 2 aromatic rings. The van der Waals surface area contributed by atoms with Gasteiger partial charge in [0.05, 0.1) is 17.3 Å². The van der Waals surface area contributed by atoms with Crippen molar-refractivity contribution >= 4 is 11.3 Å². The Hall–Kier alpha value is -1.39. The van der Waals surface area contributed by atoms with E-state index in [4.69, 9.17) is 10.5 Å². The quantitative estimate of drug-likeness (QED) is 0.869. The second-order valence-corrected chi connectivity index (χ2v) is 6.78. The zero-order valence-electron chi connectivity index (χ0n) is 13.2. The molecular weight excluding hydrogens is 280 g/mol. The van der Waals surface area contributed by atoms with Crippen molar-refractivity contribution in [2.45, 2.75) is 46.1 Å². The second kappa shape index (κ2) is 7.05. The molecule has 1 atom stereocenters. The van der Waals surface area contributed by atoms with Gasteiger partial charge in [-0.2, -0.15) is 0 Å². The minimum atomic E-state index is 0.0562. The van der Waals surface area contributed by atoms with E-state index >= 15 is 0 Å². The van der Waals surface area contributed by atoms with Crippen LogP contribution in [0.2, 0.25) is 0 Å². The van der Waals surface area contributed by atoms with Crippen LogP contribution in [0, 0.1) is 6.92 Å². The molecule has 2 N–H and O–H groups in total. The highest BCUT2D eigenvalue weighted by atomic mass is 32.1. The normalized spacial score (nSPS) is 12.7. The van der Waals surface area contributed by atoms with Gasteiger partial charge in [0.25, 0.3) is 0 Å². The maximum Gasteiger partial charge on any atom is 0.119 e. The fourth-order valence-electron chi connectivity index (χ4n) is 2.20. The van der Waals surface area contributed by atoms with Gasteiger partial charge in [-0.25, -0.2) is 4.98 Å². The molecule has 1 heterocycles. The van der Waals surface area contributed by atoms with E-state index in [0.29, 0.717) is 12.5 Å². The van der Waals surface area contributed by atoms with Crippen molar-refractivity contribution in [1.82, 2.24) is 4.98 Å². The predicted molar refractivity (Wildman–Crippen MR) is 89.2 cm³/mol.